The predicted molar refractivity (Wildman–Crippen MR) is 54.0 cm³/mol. The Balaban J connectivity index is 2.58. The van der Waals surface area contributed by atoms with Gasteiger partial charge in [0.15, 0.2) is 5.82 Å². The topological polar surface area (TPSA) is 90.7 Å². The van der Waals surface area contributed by atoms with Gasteiger partial charge >= 0.3 is 0 Å². The summed E-state index contributed by atoms with van der Waals surface area (Å²) < 4.78 is 26.1. The number of benzene rings is 1. The minimum Gasteiger partial charge on any atom is -0.368 e. The number of halogens is 2. The molecule has 0 aliphatic rings. The van der Waals surface area contributed by atoms with Gasteiger partial charge in [-0.15, -0.1) is 0 Å². The molecule has 0 saturated carbocycles. The Bertz CT molecular complexity index is 523. The first kappa shape index (κ1) is 10.2. The van der Waals surface area contributed by atoms with Crippen molar-refractivity contribution in [2.45, 2.75) is 0 Å². The van der Waals surface area contributed by atoms with Crippen LogP contribution in [0.4, 0.5) is 20.7 Å². The molecule has 1 heterocycles. The van der Waals surface area contributed by atoms with Gasteiger partial charge in [0.05, 0.1) is 5.56 Å². The van der Waals surface area contributed by atoms with Crippen LogP contribution >= 0.6 is 0 Å². The molecule has 0 spiro atoms. The molecule has 0 amide bonds. The van der Waals surface area contributed by atoms with Gasteiger partial charge in [0.1, 0.15) is 11.6 Å². The second kappa shape index (κ2) is 3.69. The SMILES string of the molecule is Nc1nc(N)nc(-c2ccc(F)cc2F)n1. The van der Waals surface area contributed by atoms with Crippen LogP contribution in [0.1, 0.15) is 0 Å². The number of rotatable bonds is 1. The first-order chi connectivity index (χ1) is 7.56. The van der Waals surface area contributed by atoms with E-state index in [1.807, 2.05) is 0 Å². The molecule has 2 aromatic rings. The van der Waals surface area contributed by atoms with E-state index in [1.54, 1.807) is 0 Å². The highest BCUT2D eigenvalue weighted by molar-refractivity contribution is 5.57. The summed E-state index contributed by atoms with van der Waals surface area (Å²) in [6.45, 7) is 0. The maximum atomic E-state index is 13.4. The lowest BCUT2D eigenvalue weighted by Gasteiger charge is -2.03. The van der Waals surface area contributed by atoms with Crippen LogP contribution in [-0.2, 0) is 0 Å². The molecule has 0 unspecified atom stereocenters. The summed E-state index contributed by atoms with van der Waals surface area (Å²) in [5.41, 5.74) is 10.7. The van der Waals surface area contributed by atoms with Crippen LogP contribution in [-0.4, -0.2) is 15.0 Å². The molecule has 2 rings (SSSR count). The van der Waals surface area contributed by atoms with E-state index in [9.17, 15) is 8.78 Å². The maximum absolute atomic E-state index is 13.4. The summed E-state index contributed by atoms with van der Waals surface area (Å²) in [6.07, 6.45) is 0. The molecule has 82 valence electrons. The van der Waals surface area contributed by atoms with Gasteiger partial charge in [0.25, 0.3) is 0 Å². The summed E-state index contributed by atoms with van der Waals surface area (Å²) in [7, 11) is 0. The average molecular weight is 223 g/mol. The van der Waals surface area contributed by atoms with E-state index in [4.69, 9.17) is 11.5 Å². The average Bonchev–Trinajstić information content (AvgIpc) is 2.15. The molecule has 1 aromatic heterocycles. The fourth-order valence-corrected chi connectivity index (χ4v) is 1.20. The molecule has 0 radical (unpaired) electrons. The van der Waals surface area contributed by atoms with Gasteiger partial charge in [-0.1, -0.05) is 0 Å². The van der Waals surface area contributed by atoms with Gasteiger partial charge in [-0.3, -0.25) is 0 Å². The molecule has 7 heteroatoms. The fourth-order valence-electron chi connectivity index (χ4n) is 1.20. The molecule has 0 aliphatic carbocycles. The highest BCUT2D eigenvalue weighted by Gasteiger charge is 2.10. The van der Waals surface area contributed by atoms with Crippen LogP contribution in [0.15, 0.2) is 18.2 Å². The molecule has 0 atom stereocenters. The summed E-state index contributed by atoms with van der Waals surface area (Å²) in [6, 6.07) is 3.03. The number of nitrogens with zero attached hydrogens (tertiary/aromatic N) is 3. The number of aromatic nitrogens is 3. The molecule has 0 fully saturated rings. The van der Waals surface area contributed by atoms with E-state index in [2.05, 4.69) is 15.0 Å². The van der Waals surface area contributed by atoms with Crippen LogP contribution in [0.2, 0.25) is 0 Å². The lowest BCUT2D eigenvalue weighted by Crippen LogP contribution is -2.05. The third-order valence-electron chi connectivity index (χ3n) is 1.84. The Morgan fingerprint density at radius 3 is 2.12 bits per heavy atom. The Hall–Kier alpha value is -2.31. The van der Waals surface area contributed by atoms with Crippen molar-refractivity contribution >= 4 is 11.9 Å². The van der Waals surface area contributed by atoms with E-state index >= 15 is 0 Å². The fraction of sp³-hybridized carbons (Fsp3) is 0. The highest BCUT2D eigenvalue weighted by atomic mass is 19.1. The number of nitrogen functional groups attached to an aromatic ring is 2. The zero-order valence-electron chi connectivity index (χ0n) is 7.98. The van der Waals surface area contributed by atoms with Gasteiger partial charge in [-0.25, -0.2) is 8.78 Å². The normalized spacial score (nSPS) is 10.4. The molecule has 0 aliphatic heterocycles. The lowest BCUT2D eigenvalue weighted by atomic mass is 10.2. The number of nitrogens with two attached hydrogens (primary N) is 2. The van der Waals surface area contributed by atoms with E-state index in [0.717, 1.165) is 12.1 Å². The van der Waals surface area contributed by atoms with Crippen LogP contribution < -0.4 is 11.5 Å². The monoisotopic (exact) mass is 223 g/mol. The minimum absolute atomic E-state index is 0.0159. The Morgan fingerprint density at radius 2 is 1.56 bits per heavy atom. The standard InChI is InChI=1S/C9H7F2N5/c10-4-1-2-5(6(11)3-4)7-14-8(12)16-9(13)15-7/h1-3H,(H4,12,13,14,15,16). The summed E-state index contributed by atoms with van der Waals surface area (Å²) >= 11 is 0. The second-order valence-electron chi connectivity index (χ2n) is 3.00. The van der Waals surface area contributed by atoms with Crippen molar-refractivity contribution in [2.75, 3.05) is 11.5 Å². The number of anilines is 2. The summed E-state index contributed by atoms with van der Waals surface area (Å²) in [5, 5.41) is 0. The van der Waals surface area contributed by atoms with Gasteiger partial charge in [0, 0.05) is 6.07 Å². The smallest absolute Gasteiger partial charge is 0.225 e. The van der Waals surface area contributed by atoms with Crippen LogP contribution in [0, 0.1) is 11.6 Å². The molecular weight excluding hydrogens is 216 g/mol. The quantitative estimate of drug-likeness (QED) is 0.752. The minimum atomic E-state index is -0.787. The van der Waals surface area contributed by atoms with E-state index in [1.165, 1.54) is 6.07 Å². The van der Waals surface area contributed by atoms with Crippen LogP contribution in [0.3, 0.4) is 0 Å². The van der Waals surface area contributed by atoms with Crippen molar-refractivity contribution < 1.29 is 8.78 Å². The van der Waals surface area contributed by atoms with Crippen molar-refractivity contribution in [3.05, 3.63) is 29.8 Å². The van der Waals surface area contributed by atoms with Crippen molar-refractivity contribution in [1.29, 1.82) is 0 Å². The molecule has 4 N–H and O–H groups in total. The van der Waals surface area contributed by atoms with Gasteiger partial charge in [0.2, 0.25) is 11.9 Å². The Kier molecular flexibility index (Phi) is 2.35. The maximum Gasteiger partial charge on any atom is 0.225 e. The van der Waals surface area contributed by atoms with Crippen molar-refractivity contribution in [1.82, 2.24) is 15.0 Å². The molecule has 1 aromatic carbocycles. The van der Waals surface area contributed by atoms with E-state index < -0.39 is 11.6 Å². The summed E-state index contributed by atoms with van der Waals surface area (Å²) in [4.78, 5) is 11.0. The molecule has 0 saturated heterocycles. The summed E-state index contributed by atoms with van der Waals surface area (Å²) in [5.74, 6) is -1.73. The van der Waals surface area contributed by atoms with E-state index in [-0.39, 0.29) is 23.3 Å². The molecule has 0 bridgehead atoms. The van der Waals surface area contributed by atoms with E-state index in [0.29, 0.717) is 0 Å². The van der Waals surface area contributed by atoms with Crippen molar-refractivity contribution in [3.63, 3.8) is 0 Å². The third kappa shape index (κ3) is 1.88. The largest absolute Gasteiger partial charge is 0.368 e. The number of hydrogen-bond donors (Lipinski definition) is 2. The van der Waals surface area contributed by atoms with Crippen molar-refractivity contribution in [2.24, 2.45) is 0 Å². The Morgan fingerprint density at radius 1 is 0.938 bits per heavy atom. The molecule has 5 nitrogen and oxygen atoms in total. The van der Waals surface area contributed by atoms with Gasteiger partial charge < -0.3 is 11.5 Å². The molecule has 16 heavy (non-hydrogen) atoms. The van der Waals surface area contributed by atoms with Gasteiger partial charge in [-0.2, -0.15) is 15.0 Å². The zero-order chi connectivity index (χ0) is 11.7. The van der Waals surface area contributed by atoms with Crippen molar-refractivity contribution in [3.8, 4) is 11.4 Å². The Labute approximate surface area is 89.2 Å². The lowest BCUT2D eigenvalue weighted by molar-refractivity contribution is 0.585. The highest BCUT2D eigenvalue weighted by Crippen LogP contribution is 2.20. The predicted octanol–water partition coefficient (Wildman–Crippen LogP) is 0.981. The zero-order valence-corrected chi connectivity index (χ0v) is 7.98. The van der Waals surface area contributed by atoms with Crippen LogP contribution in [0.25, 0.3) is 11.4 Å². The third-order valence-corrected chi connectivity index (χ3v) is 1.84. The van der Waals surface area contributed by atoms with Crippen LogP contribution in [0.5, 0.6) is 0 Å². The first-order valence-electron chi connectivity index (χ1n) is 4.28. The number of hydrogen-bond acceptors (Lipinski definition) is 5. The molecular formula is C9H7F2N5. The second-order valence-corrected chi connectivity index (χ2v) is 3.00. The first-order valence-corrected chi connectivity index (χ1v) is 4.28. The van der Waals surface area contributed by atoms with Gasteiger partial charge in [-0.05, 0) is 12.1 Å².